The summed E-state index contributed by atoms with van der Waals surface area (Å²) in [7, 11) is -1.00. The van der Waals surface area contributed by atoms with Gasteiger partial charge in [0, 0.05) is 32.0 Å². The number of nitrogens with one attached hydrogen (secondary N) is 1. The molecule has 0 saturated carbocycles. The highest BCUT2D eigenvalue weighted by Gasteiger charge is 2.30. The van der Waals surface area contributed by atoms with Gasteiger partial charge in [0.1, 0.15) is 5.82 Å². The Hall–Kier alpha value is -1.48. The Morgan fingerprint density at radius 2 is 2.16 bits per heavy atom. The van der Waals surface area contributed by atoms with Gasteiger partial charge in [-0.3, -0.25) is 4.79 Å². The minimum atomic E-state index is -2.89. The number of aromatic nitrogens is 3. The van der Waals surface area contributed by atoms with E-state index < -0.39 is 9.84 Å². The van der Waals surface area contributed by atoms with E-state index in [1.54, 1.807) is 0 Å². The van der Waals surface area contributed by atoms with Crippen LogP contribution in [0.15, 0.2) is 0 Å². The molecule has 9 heteroatoms. The zero-order valence-corrected chi connectivity index (χ0v) is 15.6. The first-order valence-corrected chi connectivity index (χ1v) is 10.8. The summed E-state index contributed by atoms with van der Waals surface area (Å²) in [5, 5.41) is 11.3. The molecule has 25 heavy (non-hydrogen) atoms. The van der Waals surface area contributed by atoms with E-state index in [-0.39, 0.29) is 23.5 Å². The molecular weight excluding hydrogens is 342 g/mol. The normalized spacial score (nSPS) is 22.6. The highest BCUT2D eigenvalue weighted by Crippen LogP contribution is 2.17. The zero-order chi connectivity index (χ0) is 17.9. The van der Waals surface area contributed by atoms with Crippen LogP contribution in [0, 0.1) is 0 Å². The number of nitrogens with zero attached hydrogens (tertiary/aromatic N) is 4. The minimum absolute atomic E-state index is 0.0325. The Morgan fingerprint density at radius 1 is 1.32 bits per heavy atom. The molecule has 140 valence electrons. The van der Waals surface area contributed by atoms with Crippen molar-refractivity contribution in [1.29, 1.82) is 0 Å². The lowest BCUT2D eigenvalue weighted by molar-refractivity contribution is -0.121. The summed E-state index contributed by atoms with van der Waals surface area (Å²) < 4.78 is 25.2. The van der Waals surface area contributed by atoms with E-state index in [4.69, 9.17) is 0 Å². The summed E-state index contributed by atoms with van der Waals surface area (Å²) in [6, 6.07) is 0.0325. The van der Waals surface area contributed by atoms with Crippen LogP contribution in [-0.2, 0) is 34.1 Å². The van der Waals surface area contributed by atoms with Gasteiger partial charge in [-0.1, -0.05) is 6.42 Å². The minimum Gasteiger partial charge on any atom is -0.349 e. The molecule has 1 aromatic rings. The van der Waals surface area contributed by atoms with E-state index in [0.717, 1.165) is 37.5 Å². The van der Waals surface area contributed by atoms with Gasteiger partial charge in [-0.25, -0.2) is 8.42 Å². The first kappa shape index (κ1) is 18.3. The van der Waals surface area contributed by atoms with Crippen molar-refractivity contribution in [2.24, 2.45) is 0 Å². The van der Waals surface area contributed by atoms with Gasteiger partial charge in [-0.15, -0.1) is 10.2 Å². The van der Waals surface area contributed by atoms with Crippen molar-refractivity contribution in [2.45, 2.75) is 57.7 Å². The summed E-state index contributed by atoms with van der Waals surface area (Å²) in [5.41, 5.74) is 0. The fraction of sp³-hybridized carbons (Fsp3) is 0.812. The third-order valence-electron chi connectivity index (χ3n) is 5.15. The van der Waals surface area contributed by atoms with Crippen LogP contribution in [-0.4, -0.2) is 65.1 Å². The molecule has 1 N–H and O–H groups in total. The molecule has 1 fully saturated rings. The largest absolute Gasteiger partial charge is 0.349 e. The molecule has 0 unspecified atom stereocenters. The van der Waals surface area contributed by atoms with Crippen molar-refractivity contribution in [3.63, 3.8) is 0 Å². The van der Waals surface area contributed by atoms with Crippen molar-refractivity contribution in [3.8, 4) is 0 Å². The van der Waals surface area contributed by atoms with Crippen LogP contribution in [0.5, 0.6) is 0 Å². The highest BCUT2D eigenvalue weighted by molar-refractivity contribution is 7.91. The van der Waals surface area contributed by atoms with E-state index in [1.807, 2.05) is 11.9 Å². The Kier molecular flexibility index (Phi) is 5.73. The maximum absolute atomic E-state index is 12.1. The number of hydrogen-bond acceptors (Lipinski definition) is 6. The first-order chi connectivity index (χ1) is 11.9. The summed E-state index contributed by atoms with van der Waals surface area (Å²) in [6.07, 6.45) is 5.45. The predicted octanol–water partition coefficient (Wildman–Crippen LogP) is 0.130. The summed E-state index contributed by atoms with van der Waals surface area (Å²) in [6.45, 7) is 1.88. The number of sulfone groups is 1. The molecule has 1 aromatic heterocycles. The average Bonchev–Trinajstić information content (AvgIpc) is 3.05. The number of rotatable bonds is 6. The number of amides is 1. The number of carbonyl (C=O) groups excluding carboxylic acids is 1. The summed E-state index contributed by atoms with van der Waals surface area (Å²) in [4.78, 5) is 14.1. The second-order valence-electron chi connectivity index (χ2n) is 7.06. The monoisotopic (exact) mass is 369 g/mol. The van der Waals surface area contributed by atoms with Crippen LogP contribution in [0.4, 0.5) is 0 Å². The van der Waals surface area contributed by atoms with Gasteiger partial charge in [-0.2, -0.15) is 0 Å². The van der Waals surface area contributed by atoms with E-state index in [0.29, 0.717) is 25.9 Å². The predicted molar refractivity (Wildman–Crippen MR) is 93.7 cm³/mol. The standard InChI is InChI=1S/C16H27N5O3S/c1-20(13-7-10-25(23,24)12-13)9-6-16(22)17-11-15-19-18-14-5-3-2-4-8-21(14)15/h13H,2-12H2,1H3,(H,17,22)/t13-/m1/s1. The molecule has 0 aliphatic carbocycles. The van der Waals surface area contributed by atoms with Gasteiger partial charge in [0.2, 0.25) is 5.91 Å². The van der Waals surface area contributed by atoms with Crippen molar-refractivity contribution in [3.05, 3.63) is 11.6 Å². The lowest BCUT2D eigenvalue weighted by atomic mass is 10.2. The quantitative estimate of drug-likeness (QED) is 0.765. The Balaban J connectivity index is 1.43. The van der Waals surface area contributed by atoms with Crippen LogP contribution in [0.1, 0.15) is 43.8 Å². The van der Waals surface area contributed by atoms with E-state index in [1.165, 1.54) is 6.42 Å². The zero-order valence-electron chi connectivity index (χ0n) is 14.8. The molecule has 2 aliphatic rings. The molecule has 3 rings (SSSR count). The maximum atomic E-state index is 12.1. The molecule has 0 radical (unpaired) electrons. The van der Waals surface area contributed by atoms with Crippen LogP contribution < -0.4 is 5.32 Å². The SMILES string of the molecule is CN(CCC(=O)NCc1nnc2n1CCCCC2)[C@@H]1CCS(=O)(=O)C1. The third-order valence-corrected chi connectivity index (χ3v) is 6.90. The Bertz CT molecular complexity index is 715. The van der Waals surface area contributed by atoms with Gasteiger partial charge in [-0.05, 0) is 26.3 Å². The first-order valence-electron chi connectivity index (χ1n) is 9.03. The van der Waals surface area contributed by atoms with Crippen LogP contribution in [0.25, 0.3) is 0 Å². The number of hydrogen-bond donors (Lipinski definition) is 1. The van der Waals surface area contributed by atoms with Gasteiger partial charge < -0.3 is 14.8 Å². The molecule has 0 aromatic carbocycles. The van der Waals surface area contributed by atoms with Crippen LogP contribution in [0.3, 0.4) is 0 Å². The third kappa shape index (κ3) is 4.78. The topological polar surface area (TPSA) is 97.2 Å². The van der Waals surface area contributed by atoms with Gasteiger partial charge in [0.25, 0.3) is 0 Å². The number of aryl methyl sites for hydroxylation is 1. The van der Waals surface area contributed by atoms with Crippen LogP contribution in [0.2, 0.25) is 0 Å². The lowest BCUT2D eigenvalue weighted by Crippen LogP contribution is -2.36. The molecule has 1 saturated heterocycles. The lowest BCUT2D eigenvalue weighted by Gasteiger charge is -2.22. The molecule has 0 bridgehead atoms. The Morgan fingerprint density at radius 3 is 2.92 bits per heavy atom. The molecule has 1 amide bonds. The molecule has 1 atom stereocenters. The van der Waals surface area contributed by atoms with Crippen LogP contribution >= 0.6 is 0 Å². The molecule has 3 heterocycles. The maximum Gasteiger partial charge on any atom is 0.221 e. The molecule has 8 nitrogen and oxygen atoms in total. The fourth-order valence-corrected chi connectivity index (χ4v) is 5.33. The number of carbonyl (C=O) groups is 1. The van der Waals surface area contributed by atoms with Crippen molar-refractivity contribution >= 4 is 15.7 Å². The molecule has 2 aliphatic heterocycles. The van der Waals surface area contributed by atoms with E-state index in [2.05, 4.69) is 20.1 Å². The van der Waals surface area contributed by atoms with E-state index >= 15 is 0 Å². The molecule has 0 spiro atoms. The van der Waals surface area contributed by atoms with Gasteiger partial charge >= 0.3 is 0 Å². The second kappa shape index (κ2) is 7.82. The highest BCUT2D eigenvalue weighted by atomic mass is 32.2. The molecular formula is C16H27N5O3S. The summed E-state index contributed by atoms with van der Waals surface area (Å²) >= 11 is 0. The average molecular weight is 369 g/mol. The van der Waals surface area contributed by atoms with Gasteiger partial charge in [0.05, 0.1) is 18.1 Å². The van der Waals surface area contributed by atoms with E-state index in [9.17, 15) is 13.2 Å². The fourth-order valence-electron chi connectivity index (χ4n) is 3.53. The van der Waals surface area contributed by atoms with Crippen molar-refractivity contribution < 1.29 is 13.2 Å². The second-order valence-corrected chi connectivity index (χ2v) is 9.29. The Labute approximate surface area is 148 Å². The van der Waals surface area contributed by atoms with Crippen molar-refractivity contribution in [1.82, 2.24) is 25.0 Å². The van der Waals surface area contributed by atoms with Gasteiger partial charge in [0.15, 0.2) is 15.7 Å². The smallest absolute Gasteiger partial charge is 0.221 e. The summed E-state index contributed by atoms with van der Waals surface area (Å²) in [5.74, 6) is 2.26. The number of fused-ring (bicyclic) bond motifs is 1. The van der Waals surface area contributed by atoms with Crippen molar-refractivity contribution in [2.75, 3.05) is 25.1 Å².